The smallest absolute Gasteiger partial charge is 0.120 e. The third-order valence-corrected chi connectivity index (χ3v) is 3.34. The summed E-state index contributed by atoms with van der Waals surface area (Å²) < 4.78 is 5.25. The van der Waals surface area contributed by atoms with Crippen molar-refractivity contribution in [1.82, 2.24) is 0 Å². The van der Waals surface area contributed by atoms with Gasteiger partial charge in [-0.25, -0.2) is 0 Å². The van der Waals surface area contributed by atoms with Gasteiger partial charge >= 0.3 is 0 Å². The van der Waals surface area contributed by atoms with Crippen molar-refractivity contribution in [3.63, 3.8) is 0 Å². The molecule has 0 amide bonds. The van der Waals surface area contributed by atoms with Crippen LogP contribution in [0.4, 0.5) is 5.69 Å². The van der Waals surface area contributed by atoms with Crippen LogP contribution in [-0.2, 0) is 6.42 Å². The van der Waals surface area contributed by atoms with Gasteiger partial charge in [-0.3, -0.25) is 0 Å². The zero-order valence-electron chi connectivity index (χ0n) is 12.1. The molecule has 0 saturated heterocycles. The SMILES string of the molecule is COc1cccc(N(C)CC(N)Cc2ccccc2)c1. The summed E-state index contributed by atoms with van der Waals surface area (Å²) in [7, 11) is 3.74. The molecule has 0 aromatic heterocycles. The maximum absolute atomic E-state index is 6.24. The molecule has 0 saturated carbocycles. The zero-order valence-corrected chi connectivity index (χ0v) is 12.1. The molecule has 0 aliphatic rings. The molecule has 106 valence electrons. The average Bonchev–Trinajstić information content (AvgIpc) is 2.48. The number of nitrogens with two attached hydrogens (primary N) is 1. The van der Waals surface area contributed by atoms with Crippen molar-refractivity contribution in [1.29, 1.82) is 0 Å². The molecule has 0 spiro atoms. The van der Waals surface area contributed by atoms with E-state index in [0.717, 1.165) is 24.4 Å². The highest BCUT2D eigenvalue weighted by Gasteiger charge is 2.09. The van der Waals surface area contributed by atoms with Gasteiger partial charge in [0.15, 0.2) is 0 Å². The maximum atomic E-state index is 6.24. The third kappa shape index (κ3) is 4.00. The average molecular weight is 270 g/mol. The van der Waals surface area contributed by atoms with Crippen LogP contribution in [0.25, 0.3) is 0 Å². The van der Waals surface area contributed by atoms with E-state index in [1.165, 1.54) is 5.56 Å². The number of benzene rings is 2. The molecule has 1 unspecified atom stereocenters. The molecule has 0 fully saturated rings. The normalized spacial score (nSPS) is 11.9. The molecule has 2 aromatic rings. The Bertz CT molecular complexity index is 528. The van der Waals surface area contributed by atoms with Gasteiger partial charge < -0.3 is 15.4 Å². The molecule has 0 aliphatic carbocycles. The van der Waals surface area contributed by atoms with Crippen molar-refractivity contribution in [2.24, 2.45) is 5.73 Å². The van der Waals surface area contributed by atoms with E-state index >= 15 is 0 Å². The van der Waals surface area contributed by atoms with E-state index in [-0.39, 0.29) is 6.04 Å². The summed E-state index contributed by atoms with van der Waals surface area (Å²) in [5.41, 5.74) is 8.64. The van der Waals surface area contributed by atoms with Crippen molar-refractivity contribution in [2.45, 2.75) is 12.5 Å². The van der Waals surface area contributed by atoms with Gasteiger partial charge in [0.1, 0.15) is 5.75 Å². The molecule has 3 heteroatoms. The van der Waals surface area contributed by atoms with Crippen LogP contribution in [0.5, 0.6) is 5.75 Å². The molecule has 3 nitrogen and oxygen atoms in total. The molecule has 0 bridgehead atoms. The standard InChI is InChI=1S/C17H22N2O/c1-19(16-9-6-10-17(12-16)20-2)13-15(18)11-14-7-4-3-5-8-14/h3-10,12,15H,11,13,18H2,1-2H3. The summed E-state index contributed by atoms with van der Waals surface area (Å²) >= 11 is 0. The molecule has 2 rings (SSSR count). The molecule has 2 aromatic carbocycles. The number of likely N-dealkylation sites (N-methyl/N-ethyl adjacent to an activating group) is 1. The number of hydrogen-bond acceptors (Lipinski definition) is 3. The van der Waals surface area contributed by atoms with E-state index in [4.69, 9.17) is 10.5 Å². The molecular formula is C17H22N2O. The van der Waals surface area contributed by atoms with Gasteiger partial charge in [0, 0.05) is 31.4 Å². The fraction of sp³-hybridized carbons (Fsp3) is 0.294. The Kier molecular flexibility index (Phi) is 5.02. The van der Waals surface area contributed by atoms with Crippen molar-refractivity contribution in [3.05, 3.63) is 60.2 Å². The first-order chi connectivity index (χ1) is 9.69. The summed E-state index contributed by atoms with van der Waals surface area (Å²) in [6, 6.07) is 18.5. The van der Waals surface area contributed by atoms with Crippen LogP contribution >= 0.6 is 0 Å². The van der Waals surface area contributed by atoms with E-state index in [0.29, 0.717) is 0 Å². The maximum Gasteiger partial charge on any atom is 0.120 e. The highest BCUT2D eigenvalue weighted by atomic mass is 16.5. The molecule has 0 aliphatic heterocycles. The second-order valence-corrected chi connectivity index (χ2v) is 5.03. The Balaban J connectivity index is 1.94. The minimum atomic E-state index is 0.105. The van der Waals surface area contributed by atoms with Gasteiger partial charge in [0.05, 0.1) is 7.11 Å². The summed E-state index contributed by atoms with van der Waals surface area (Å²) in [6.45, 7) is 0.808. The van der Waals surface area contributed by atoms with E-state index in [9.17, 15) is 0 Å². The lowest BCUT2D eigenvalue weighted by Gasteiger charge is -2.24. The third-order valence-electron chi connectivity index (χ3n) is 3.34. The van der Waals surface area contributed by atoms with E-state index < -0.39 is 0 Å². The first kappa shape index (κ1) is 14.4. The molecular weight excluding hydrogens is 248 g/mol. The highest BCUT2D eigenvalue weighted by Crippen LogP contribution is 2.20. The van der Waals surface area contributed by atoms with Crippen LogP contribution in [0.1, 0.15) is 5.56 Å². The van der Waals surface area contributed by atoms with Crippen LogP contribution in [0.15, 0.2) is 54.6 Å². The number of nitrogens with zero attached hydrogens (tertiary/aromatic N) is 1. The fourth-order valence-electron chi connectivity index (χ4n) is 2.29. The van der Waals surface area contributed by atoms with Gasteiger partial charge in [-0.05, 0) is 24.1 Å². The van der Waals surface area contributed by atoms with Gasteiger partial charge in [0.25, 0.3) is 0 Å². The minimum absolute atomic E-state index is 0.105. The van der Waals surface area contributed by atoms with Crippen LogP contribution < -0.4 is 15.4 Å². The number of anilines is 1. The van der Waals surface area contributed by atoms with Crippen LogP contribution in [0.2, 0.25) is 0 Å². The first-order valence-corrected chi connectivity index (χ1v) is 6.83. The Morgan fingerprint density at radius 3 is 2.55 bits per heavy atom. The topological polar surface area (TPSA) is 38.5 Å². The minimum Gasteiger partial charge on any atom is -0.497 e. The lowest BCUT2D eigenvalue weighted by molar-refractivity contribution is 0.415. The zero-order chi connectivity index (χ0) is 14.4. The second-order valence-electron chi connectivity index (χ2n) is 5.03. The van der Waals surface area contributed by atoms with E-state index in [2.05, 4.69) is 30.1 Å². The number of ether oxygens (including phenoxy) is 1. The molecule has 1 atom stereocenters. The van der Waals surface area contributed by atoms with Crippen molar-refractivity contribution in [3.8, 4) is 5.75 Å². The van der Waals surface area contributed by atoms with Crippen LogP contribution in [0, 0.1) is 0 Å². The Hall–Kier alpha value is -2.00. The van der Waals surface area contributed by atoms with Gasteiger partial charge in [-0.1, -0.05) is 36.4 Å². The van der Waals surface area contributed by atoms with Crippen molar-refractivity contribution >= 4 is 5.69 Å². The van der Waals surface area contributed by atoms with Gasteiger partial charge in [-0.15, -0.1) is 0 Å². The van der Waals surface area contributed by atoms with E-state index in [1.54, 1.807) is 7.11 Å². The second kappa shape index (κ2) is 6.96. The van der Waals surface area contributed by atoms with Gasteiger partial charge in [-0.2, -0.15) is 0 Å². The summed E-state index contributed by atoms with van der Waals surface area (Å²) in [6.07, 6.45) is 0.884. The van der Waals surface area contributed by atoms with Gasteiger partial charge in [0.2, 0.25) is 0 Å². The summed E-state index contributed by atoms with van der Waals surface area (Å²) in [5, 5.41) is 0. The molecule has 0 radical (unpaired) electrons. The largest absolute Gasteiger partial charge is 0.497 e. The van der Waals surface area contributed by atoms with Crippen molar-refractivity contribution < 1.29 is 4.74 Å². The number of rotatable bonds is 6. The summed E-state index contributed by atoms with van der Waals surface area (Å²) in [4.78, 5) is 2.16. The van der Waals surface area contributed by atoms with Crippen molar-refractivity contribution in [2.75, 3.05) is 25.6 Å². The first-order valence-electron chi connectivity index (χ1n) is 6.83. The molecule has 20 heavy (non-hydrogen) atoms. The fourth-order valence-corrected chi connectivity index (χ4v) is 2.29. The lowest BCUT2D eigenvalue weighted by atomic mass is 10.1. The number of hydrogen-bond donors (Lipinski definition) is 1. The molecule has 2 N–H and O–H groups in total. The van der Waals surface area contributed by atoms with Crippen LogP contribution in [-0.4, -0.2) is 26.7 Å². The predicted octanol–water partition coefficient (Wildman–Crippen LogP) is 2.70. The number of methoxy groups -OCH3 is 1. The van der Waals surface area contributed by atoms with Crippen LogP contribution in [0.3, 0.4) is 0 Å². The highest BCUT2D eigenvalue weighted by molar-refractivity contribution is 5.50. The van der Waals surface area contributed by atoms with E-state index in [1.807, 2.05) is 36.4 Å². The molecule has 0 heterocycles. The quantitative estimate of drug-likeness (QED) is 0.877. The summed E-state index contributed by atoms with van der Waals surface area (Å²) in [5.74, 6) is 0.867. The Morgan fingerprint density at radius 1 is 1.10 bits per heavy atom. The monoisotopic (exact) mass is 270 g/mol. The predicted molar refractivity (Wildman–Crippen MR) is 84.4 cm³/mol. The Labute approximate surface area is 121 Å². The Morgan fingerprint density at radius 2 is 1.85 bits per heavy atom. The lowest BCUT2D eigenvalue weighted by Crippen LogP contribution is -2.36.